The van der Waals surface area contributed by atoms with Crippen molar-refractivity contribution >= 4 is 35.4 Å². The number of rotatable bonds is 12. The average molecular weight is 1130 g/mol. The van der Waals surface area contributed by atoms with E-state index in [4.69, 9.17) is 42.6 Å². The molecule has 4 N–H and O–H groups in total. The van der Waals surface area contributed by atoms with Crippen LogP contribution in [-0.2, 0) is 66.6 Å². The third kappa shape index (κ3) is 17.9. The van der Waals surface area contributed by atoms with Gasteiger partial charge < -0.3 is 68.0 Å². The van der Waals surface area contributed by atoms with E-state index >= 15 is 0 Å². The molecule has 0 aromatic heterocycles. The van der Waals surface area contributed by atoms with Crippen LogP contribution in [0.15, 0.2) is 59.9 Å². The summed E-state index contributed by atoms with van der Waals surface area (Å²) in [6.07, 6.45) is 8.74. The van der Waals surface area contributed by atoms with Crippen LogP contribution < -0.4 is 0 Å². The van der Waals surface area contributed by atoms with Crippen LogP contribution in [0.3, 0.4) is 0 Å². The van der Waals surface area contributed by atoms with Crippen molar-refractivity contribution in [1.29, 1.82) is 0 Å². The van der Waals surface area contributed by atoms with Gasteiger partial charge in [-0.25, -0.2) is 9.59 Å². The van der Waals surface area contributed by atoms with Crippen LogP contribution in [0, 0.1) is 35.5 Å². The maximum Gasteiger partial charge on any atom is 0.508 e. The van der Waals surface area contributed by atoms with Crippen molar-refractivity contribution < 1.29 is 91.8 Å². The second kappa shape index (κ2) is 31.7. The Morgan fingerprint density at radius 2 is 1.60 bits per heavy atom. The number of methoxy groups -OCH3 is 3. The summed E-state index contributed by atoms with van der Waals surface area (Å²) in [6.45, 7) is 11.9. The van der Waals surface area contributed by atoms with Gasteiger partial charge >= 0.3 is 12.1 Å². The van der Waals surface area contributed by atoms with E-state index in [1.807, 2.05) is 51.2 Å². The fourth-order valence-corrected chi connectivity index (χ4v) is 11.7. The molecule has 18 atom stereocenters. The van der Waals surface area contributed by atoms with E-state index in [2.05, 4.69) is 0 Å². The Balaban J connectivity index is 1.37. The molecule has 1 saturated carbocycles. The number of fused-ring (bicyclic) bond motifs is 3. The molecule has 20 nitrogen and oxygen atoms in total. The van der Waals surface area contributed by atoms with Crippen molar-refractivity contribution in [3.63, 3.8) is 0 Å². The van der Waals surface area contributed by atoms with Crippen molar-refractivity contribution in [2.24, 2.45) is 35.5 Å². The number of aliphatic hydroxyl groups excluding tert-OH is 3. The molecular weight excluding hydrogens is 1040 g/mol. The van der Waals surface area contributed by atoms with Crippen LogP contribution in [-0.4, -0.2) is 181 Å². The number of piperidine rings is 1. The molecule has 20 heteroatoms. The predicted octanol–water partition coefficient (Wildman–Crippen LogP) is 5.99. The molecule has 450 valence electrons. The van der Waals surface area contributed by atoms with Crippen LogP contribution in [0.25, 0.3) is 0 Å². The lowest BCUT2D eigenvalue weighted by Crippen LogP contribution is -2.61. The van der Waals surface area contributed by atoms with Crippen LogP contribution in [0.2, 0.25) is 0 Å². The number of aliphatic hydroxyl groups is 4. The number of hydrogen-bond donors (Lipinski definition) is 4. The number of carbonyl (C=O) groups is 6. The summed E-state index contributed by atoms with van der Waals surface area (Å²) in [5.41, 5.74) is 1.21. The van der Waals surface area contributed by atoms with Gasteiger partial charge in [-0.1, -0.05) is 71.1 Å². The van der Waals surface area contributed by atoms with Crippen molar-refractivity contribution in [2.45, 2.75) is 198 Å². The minimum atomic E-state index is -2.47. The Bertz CT molecular complexity index is 2230. The van der Waals surface area contributed by atoms with Crippen LogP contribution in [0.1, 0.15) is 126 Å². The summed E-state index contributed by atoms with van der Waals surface area (Å²) < 4.78 is 51.6. The molecule has 3 fully saturated rings. The van der Waals surface area contributed by atoms with Gasteiger partial charge in [0, 0.05) is 58.5 Å². The lowest BCUT2D eigenvalue weighted by molar-refractivity contribution is -0.265. The maximum absolute atomic E-state index is 14.6. The number of Topliss-reactive ketones (excluding diaryl/α,β-unsaturated/α-hetero) is 3. The highest BCUT2D eigenvalue weighted by molar-refractivity contribution is 6.39. The Hall–Kier alpha value is -4.64. The molecule has 4 aliphatic heterocycles. The van der Waals surface area contributed by atoms with Gasteiger partial charge in [0.1, 0.15) is 42.8 Å². The minimum Gasteiger partial charge on any atom is -0.492 e. The van der Waals surface area contributed by atoms with Gasteiger partial charge in [-0.15, -0.1) is 0 Å². The number of cyclic esters (lactones) is 1. The third-order valence-corrected chi connectivity index (χ3v) is 16.7. The van der Waals surface area contributed by atoms with Gasteiger partial charge in [-0.3, -0.25) is 19.2 Å². The first-order valence-corrected chi connectivity index (χ1v) is 28.6. The van der Waals surface area contributed by atoms with E-state index in [0.29, 0.717) is 63.4 Å². The number of nitrogens with zero attached hydrogens (tertiary/aromatic N) is 1. The van der Waals surface area contributed by atoms with Gasteiger partial charge in [0.15, 0.2) is 18.0 Å². The van der Waals surface area contributed by atoms with Crippen molar-refractivity contribution in [1.82, 2.24) is 4.90 Å². The van der Waals surface area contributed by atoms with E-state index in [0.717, 1.165) is 5.57 Å². The van der Waals surface area contributed by atoms with Gasteiger partial charge in [-0.2, -0.15) is 0 Å². The quantitative estimate of drug-likeness (QED) is 0.0756. The van der Waals surface area contributed by atoms with E-state index < -0.39 is 115 Å². The van der Waals surface area contributed by atoms with Crippen molar-refractivity contribution in [3.05, 3.63) is 59.9 Å². The number of ether oxygens (including phenoxy) is 9. The number of amides is 1. The molecular formula is C60H91NO19. The van der Waals surface area contributed by atoms with E-state index in [-0.39, 0.29) is 74.6 Å². The Morgan fingerprint density at radius 1 is 0.850 bits per heavy atom. The summed E-state index contributed by atoms with van der Waals surface area (Å²) in [4.78, 5) is 85.2. The Labute approximate surface area is 472 Å². The molecule has 2 bridgehead atoms. The van der Waals surface area contributed by atoms with Gasteiger partial charge in [0.25, 0.3) is 11.7 Å². The second-order valence-electron chi connectivity index (χ2n) is 22.8. The van der Waals surface area contributed by atoms with Crippen LogP contribution in [0.4, 0.5) is 4.79 Å². The molecule has 5 aliphatic rings. The standard InChI is InChI=1S/C60H91NO19/c1-35-16-12-11-13-17-36(2)48(72-8)32-43-21-19-41(7)60(71,80-43)56(67)57(68)61-24-15-14-18-44(61)58(69)78-49(33-46(64)37(3)29-40(6)53(66)55(74-10)52(65)39(5)28-35)38(4)30-42-20-22-47(50(31-42)73-9)76-26-27-77-59(70)79-54-45(63)23-25-75-51(54)34-62/h11-13,16-17,23,25,29,35,37-39,41-45,47-51,53-55,62-63,66,71H,14-15,18-22,24,26-28,30-34H2,1-10H3/b13-11+,16-12+,36-17+,40-29+/t35-,37-,38-,39-,41-,42?,43+,44?,45-,47-,48+,49+,50-,51-,53-,54+,55+,60-/m1/s1. The lowest BCUT2D eigenvalue weighted by atomic mass is 9.78. The zero-order valence-electron chi connectivity index (χ0n) is 48.6. The molecule has 2 unspecified atom stereocenters. The first kappa shape index (κ1) is 66.2. The normalized spacial score (nSPS) is 38.6. The molecule has 80 heavy (non-hydrogen) atoms. The Kier molecular flexibility index (Phi) is 26.2. The summed E-state index contributed by atoms with van der Waals surface area (Å²) in [5.74, 6) is -8.53. The minimum absolute atomic E-state index is 0.0106. The number of hydrogen-bond acceptors (Lipinski definition) is 19. The molecule has 4 heterocycles. The summed E-state index contributed by atoms with van der Waals surface area (Å²) >= 11 is 0. The summed E-state index contributed by atoms with van der Waals surface area (Å²) in [6, 6.07) is -1.20. The zero-order valence-corrected chi connectivity index (χ0v) is 48.6. The number of allylic oxidation sites excluding steroid dienone is 6. The fraction of sp³-hybridized carbons (Fsp3) is 0.733. The number of carbonyl (C=O) groups excluding carboxylic acids is 6. The van der Waals surface area contributed by atoms with Crippen LogP contribution in [0.5, 0.6) is 0 Å². The molecule has 2 saturated heterocycles. The SMILES string of the molecule is CO[C@H]1C[C@@H]2CC[C@@H](C)[C@@](O)(O2)C(=O)C(=O)N2CCCCC2C(=O)O[C@H]([C@H](C)CC2CC[C@@H](OCCOC(=O)O[C@H]3[C@H](O)C=CO[C@@H]3CO)[C@H](OC)C2)CC(=O)[C@H](C)/C=C(\C)[C@@H](O)[C@@H](OC)C(=O)[C@H](C)C[C@H](C)/C=C/C=C/C=C/1C. The number of ketones is 3. The molecule has 1 amide bonds. The molecule has 0 radical (unpaired) electrons. The van der Waals surface area contributed by atoms with Crippen LogP contribution >= 0.6 is 0 Å². The van der Waals surface area contributed by atoms with Gasteiger partial charge in [0.2, 0.25) is 5.79 Å². The topological polar surface area (TPSA) is 270 Å². The summed E-state index contributed by atoms with van der Waals surface area (Å²) in [7, 11) is 4.50. The smallest absolute Gasteiger partial charge is 0.492 e. The van der Waals surface area contributed by atoms with E-state index in [1.54, 1.807) is 48.0 Å². The average Bonchev–Trinajstić information content (AvgIpc) is 3.54. The second-order valence-corrected chi connectivity index (χ2v) is 22.8. The first-order valence-electron chi connectivity index (χ1n) is 28.6. The number of esters is 1. The fourth-order valence-electron chi connectivity index (χ4n) is 11.7. The molecule has 0 aromatic rings. The largest absolute Gasteiger partial charge is 0.508 e. The zero-order chi connectivity index (χ0) is 58.8. The highest BCUT2D eigenvalue weighted by atomic mass is 16.7. The van der Waals surface area contributed by atoms with E-state index in [1.165, 1.54) is 24.3 Å². The summed E-state index contributed by atoms with van der Waals surface area (Å²) in [5, 5.41) is 43.3. The lowest BCUT2D eigenvalue weighted by Gasteiger charge is -2.42. The maximum atomic E-state index is 14.6. The van der Waals surface area contributed by atoms with Gasteiger partial charge in [-0.05, 0) is 113 Å². The Morgan fingerprint density at radius 3 is 2.30 bits per heavy atom. The predicted molar refractivity (Wildman–Crippen MR) is 292 cm³/mol. The van der Waals surface area contributed by atoms with Crippen molar-refractivity contribution in [2.75, 3.05) is 47.7 Å². The van der Waals surface area contributed by atoms with Gasteiger partial charge in [0.05, 0.1) is 43.9 Å². The first-order chi connectivity index (χ1) is 38.1. The highest BCUT2D eigenvalue weighted by Crippen LogP contribution is 2.38. The molecule has 1 aliphatic carbocycles. The molecule has 0 spiro atoms. The monoisotopic (exact) mass is 1130 g/mol. The highest BCUT2D eigenvalue weighted by Gasteiger charge is 2.53. The molecule has 0 aromatic carbocycles. The van der Waals surface area contributed by atoms with Crippen molar-refractivity contribution in [3.8, 4) is 0 Å². The van der Waals surface area contributed by atoms with E-state index in [9.17, 15) is 49.2 Å². The molecule has 5 rings (SSSR count). The third-order valence-electron chi connectivity index (χ3n) is 16.7.